The number of carbonyl (C=O) groups excluding carboxylic acids is 1. The largest absolute Gasteiger partial charge is 0.550 e. The fourth-order valence-electron chi connectivity index (χ4n) is 3.94. The van der Waals surface area contributed by atoms with Crippen LogP contribution in [0.1, 0.15) is 38.2 Å². The molecule has 1 saturated carbocycles. The summed E-state index contributed by atoms with van der Waals surface area (Å²) in [6.07, 6.45) is 5.60. The van der Waals surface area contributed by atoms with Gasteiger partial charge in [0.2, 0.25) is 0 Å². The number of hydrogen-bond donors (Lipinski definition) is 4. The summed E-state index contributed by atoms with van der Waals surface area (Å²) in [5.41, 5.74) is 10.0. The summed E-state index contributed by atoms with van der Waals surface area (Å²) in [4.78, 5) is 21.2. The van der Waals surface area contributed by atoms with Crippen LogP contribution in [0.25, 0.3) is 21.4 Å². The predicted octanol–water partition coefficient (Wildman–Crippen LogP) is 1.56. The molecule has 32 heavy (non-hydrogen) atoms. The number of rotatable bonds is 4. The van der Waals surface area contributed by atoms with Crippen molar-refractivity contribution in [2.45, 2.75) is 51.3 Å². The number of nitrogen functional groups attached to an aromatic ring is 1. The van der Waals surface area contributed by atoms with E-state index in [4.69, 9.17) is 20.6 Å². The third-order valence-corrected chi connectivity index (χ3v) is 6.38. The number of thiazole rings is 1. The SMILES string of the molecule is CC(=O)[O-].Nc1[nH]c2cccnc2[n+]1Cc1ccc2nc(N[C@@H]3CCCC[C@H]3O)sc2c1. The van der Waals surface area contributed by atoms with Gasteiger partial charge in [-0.3, -0.25) is 4.98 Å². The Bertz CT molecular complexity index is 1230. The molecule has 1 aliphatic rings. The summed E-state index contributed by atoms with van der Waals surface area (Å²) < 4.78 is 3.10. The maximum Gasteiger partial charge on any atom is 0.312 e. The molecule has 2 atom stereocenters. The Labute approximate surface area is 188 Å². The molecule has 0 aliphatic heterocycles. The lowest BCUT2D eigenvalue weighted by molar-refractivity contribution is -0.649. The highest BCUT2D eigenvalue weighted by Crippen LogP contribution is 2.30. The first kappa shape index (κ1) is 22.0. The molecule has 0 radical (unpaired) electrons. The van der Waals surface area contributed by atoms with Gasteiger partial charge in [0, 0.05) is 5.97 Å². The molecule has 5 N–H and O–H groups in total. The van der Waals surface area contributed by atoms with Crippen LogP contribution in [0.4, 0.5) is 11.1 Å². The summed E-state index contributed by atoms with van der Waals surface area (Å²) in [6, 6.07) is 10.2. The normalized spacial score (nSPS) is 18.3. The van der Waals surface area contributed by atoms with Crippen LogP contribution in [0.15, 0.2) is 36.5 Å². The van der Waals surface area contributed by atoms with Crippen molar-refractivity contribution in [3.05, 3.63) is 42.1 Å². The summed E-state index contributed by atoms with van der Waals surface area (Å²) in [7, 11) is 0. The Hall–Kier alpha value is -3.24. The number of imidazole rings is 1. The highest BCUT2D eigenvalue weighted by molar-refractivity contribution is 7.22. The van der Waals surface area contributed by atoms with Crippen molar-refractivity contribution >= 4 is 49.8 Å². The molecule has 0 unspecified atom stereocenters. The summed E-state index contributed by atoms with van der Waals surface area (Å²) in [5, 5.41) is 23.4. The van der Waals surface area contributed by atoms with E-state index in [-0.39, 0.29) is 12.1 Å². The number of benzene rings is 1. The van der Waals surface area contributed by atoms with Gasteiger partial charge in [-0.05, 0) is 49.6 Å². The molecule has 168 valence electrons. The topological polar surface area (TPSA) is 144 Å². The Morgan fingerprint density at radius 2 is 2.16 bits per heavy atom. The van der Waals surface area contributed by atoms with Crippen molar-refractivity contribution in [1.29, 1.82) is 0 Å². The van der Waals surface area contributed by atoms with Gasteiger partial charge in [-0.2, -0.15) is 0 Å². The van der Waals surface area contributed by atoms with Gasteiger partial charge in [-0.1, -0.05) is 30.2 Å². The van der Waals surface area contributed by atoms with Crippen molar-refractivity contribution in [1.82, 2.24) is 15.0 Å². The number of H-pyrrole nitrogens is 1. The number of fused-ring (bicyclic) bond motifs is 2. The molecule has 4 aromatic rings. The number of anilines is 2. The molecule has 9 nitrogen and oxygen atoms in total. The number of aromatic nitrogens is 4. The molecular formula is C22H26N6O3S. The molecule has 3 aromatic heterocycles. The first-order valence-corrected chi connectivity index (χ1v) is 11.4. The maximum atomic E-state index is 10.2. The number of carbonyl (C=O) groups is 1. The third-order valence-electron chi connectivity index (χ3n) is 5.43. The number of aliphatic carboxylic acids is 1. The van der Waals surface area contributed by atoms with Crippen LogP contribution in [0.3, 0.4) is 0 Å². The van der Waals surface area contributed by atoms with Crippen LogP contribution in [0.2, 0.25) is 0 Å². The van der Waals surface area contributed by atoms with Gasteiger partial charge < -0.3 is 26.1 Å². The minimum absolute atomic E-state index is 0.0985. The highest BCUT2D eigenvalue weighted by Gasteiger charge is 2.23. The van der Waals surface area contributed by atoms with E-state index in [2.05, 4.69) is 27.4 Å². The molecule has 0 amide bonds. The van der Waals surface area contributed by atoms with Crippen LogP contribution in [0.5, 0.6) is 0 Å². The number of hydrogen-bond acceptors (Lipinski definition) is 8. The zero-order chi connectivity index (χ0) is 22.7. The minimum atomic E-state index is -1.08. The summed E-state index contributed by atoms with van der Waals surface area (Å²) in [6.45, 7) is 1.61. The predicted molar refractivity (Wildman–Crippen MR) is 122 cm³/mol. The number of carboxylic acids is 1. The van der Waals surface area contributed by atoms with Gasteiger partial charge in [-0.25, -0.2) is 9.55 Å². The number of aromatic amines is 1. The van der Waals surface area contributed by atoms with E-state index in [0.29, 0.717) is 12.5 Å². The first-order chi connectivity index (χ1) is 15.4. The number of aliphatic hydroxyl groups excluding tert-OH is 1. The lowest BCUT2D eigenvalue weighted by Crippen LogP contribution is -2.36. The molecule has 1 aliphatic carbocycles. The smallest absolute Gasteiger partial charge is 0.312 e. The van der Waals surface area contributed by atoms with Crippen LogP contribution in [0, 0.1) is 0 Å². The van der Waals surface area contributed by atoms with Crippen molar-refractivity contribution in [2.75, 3.05) is 11.1 Å². The van der Waals surface area contributed by atoms with Crippen molar-refractivity contribution in [2.24, 2.45) is 0 Å². The molecule has 10 heteroatoms. The van der Waals surface area contributed by atoms with E-state index < -0.39 is 5.97 Å². The molecule has 1 aromatic carbocycles. The lowest BCUT2D eigenvalue weighted by atomic mass is 9.93. The van der Waals surface area contributed by atoms with Gasteiger partial charge in [0.1, 0.15) is 0 Å². The number of pyridine rings is 1. The molecule has 1 fully saturated rings. The standard InChI is InChI=1S/C20H22N6OS.C2H4O2/c21-19-23-15-5-3-9-22-18(15)26(19)11-12-7-8-14-17(10-12)28-20(25-14)24-13-4-1-2-6-16(13)27;1-2(3)4/h3,5,7-10,13,16,27H,1-2,4,6,11H2,(H3,21,23,24,25);1H3,(H,3,4)/t13-,16-;/m1./s1. The molecular weight excluding hydrogens is 428 g/mol. The van der Waals surface area contributed by atoms with Gasteiger partial charge >= 0.3 is 5.95 Å². The fourth-order valence-corrected chi connectivity index (χ4v) is 4.93. The second-order valence-corrected chi connectivity index (χ2v) is 8.92. The number of nitrogens with one attached hydrogen (secondary N) is 2. The van der Waals surface area contributed by atoms with Crippen LogP contribution in [-0.2, 0) is 11.3 Å². The number of aliphatic hydroxyl groups is 1. The van der Waals surface area contributed by atoms with Crippen LogP contribution in [-0.4, -0.2) is 38.2 Å². The molecule has 5 rings (SSSR count). The van der Waals surface area contributed by atoms with E-state index >= 15 is 0 Å². The summed E-state index contributed by atoms with van der Waals surface area (Å²) in [5.74, 6) is -0.494. The summed E-state index contributed by atoms with van der Waals surface area (Å²) >= 11 is 1.63. The lowest BCUT2D eigenvalue weighted by Gasteiger charge is -2.27. The Morgan fingerprint density at radius 1 is 1.38 bits per heavy atom. The van der Waals surface area contributed by atoms with Gasteiger partial charge in [0.05, 0.1) is 35.1 Å². The number of nitrogens with zero attached hydrogens (tertiary/aromatic N) is 3. The second-order valence-electron chi connectivity index (χ2n) is 7.89. The second kappa shape index (κ2) is 9.49. The number of nitrogens with two attached hydrogens (primary N) is 1. The number of carboxylic acid groups (broad SMARTS) is 1. The monoisotopic (exact) mass is 454 g/mol. The van der Waals surface area contributed by atoms with Crippen molar-refractivity contribution in [3.63, 3.8) is 0 Å². The minimum Gasteiger partial charge on any atom is -0.550 e. The Balaban J connectivity index is 0.000000567. The zero-order valence-corrected chi connectivity index (χ0v) is 18.6. The average Bonchev–Trinajstić information content (AvgIpc) is 3.29. The van der Waals surface area contributed by atoms with E-state index in [1.807, 2.05) is 22.8 Å². The van der Waals surface area contributed by atoms with Crippen LogP contribution < -0.4 is 20.7 Å². The fraction of sp³-hybridized carbons (Fsp3) is 0.364. The highest BCUT2D eigenvalue weighted by atomic mass is 32.1. The molecule has 0 bridgehead atoms. The Morgan fingerprint density at radius 3 is 2.94 bits per heavy atom. The quantitative estimate of drug-likeness (QED) is 0.343. The van der Waals surface area contributed by atoms with Crippen LogP contribution >= 0.6 is 11.3 Å². The van der Waals surface area contributed by atoms with Crippen molar-refractivity contribution < 1.29 is 19.6 Å². The van der Waals surface area contributed by atoms with E-state index in [0.717, 1.165) is 64.7 Å². The molecule has 0 saturated heterocycles. The van der Waals surface area contributed by atoms with Gasteiger partial charge in [-0.15, -0.1) is 4.98 Å². The Kier molecular flexibility index (Phi) is 6.52. The van der Waals surface area contributed by atoms with Gasteiger partial charge in [0.15, 0.2) is 10.6 Å². The van der Waals surface area contributed by atoms with E-state index in [9.17, 15) is 5.11 Å². The van der Waals surface area contributed by atoms with Gasteiger partial charge in [0.25, 0.3) is 5.65 Å². The van der Waals surface area contributed by atoms with E-state index in [1.54, 1.807) is 17.5 Å². The van der Waals surface area contributed by atoms with Crippen molar-refractivity contribution in [3.8, 4) is 0 Å². The van der Waals surface area contributed by atoms with E-state index in [1.165, 1.54) is 0 Å². The molecule has 3 heterocycles. The zero-order valence-electron chi connectivity index (χ0n) is 17.7. The average molecular weight is 455 g/mol. The third kappa shape index (κ3) is 4.97. The maximum absolute atomic E-state index is 10.2. The molecule has 0 spiro atoms. The first-order valence-electron chi connectivity index (χ1n) is 10.5.